The van der Waals surface area contributed by atoms with E-state index in [4.69, 9.17) is 0 Å². The van der Waals surface area contributed by atoms with Crippen molar-refractivity contribution in [2.24, 2.45) is 0 Å². The standard InChI is InChI=1S/C21H13F15O/c22-15(23,10-14(37)13-8-4-7-12(9-13)11-5-2-1-3-6-11)16(24,25)17(26,27)18(28,29)19(30,31)20(32,33)21(34,35)36/h1-9,14,37H,10H2. The molecule has 16 heteroatoms. The molecule has 0 heterocycles. The quantitative estimate of drug-likeness (QED) is 0.304. The van der Waals surface area contributed by atoms with Gasteiger partial charge in [-0.3, -0.25) is 0 Å². The molecule has 0 fully saturated rings. The van der Waals surface area contributed by atoms with Crippen molar-refractivity contribution in [2.75, 3.05) is 0 Å². The van der Waals surface area contributed by atoms with Crippen LogP contribution < -0.4 is 0 Å². The highest BCUT2D eigenvalue weighted by molar-refractivity contribution is 5.64. The van der Waals surface area contributed by atoms with Crippen molar-refractivity contribution in [2.45, 2.75) is 54.2 Å². The molecular weight excluding hydrogens is 553 g/mol. The zero-order valence-electron chi connectivity index (χ0n) is 17.6. The molecule has 0 aliphatic carbocycles. The average molecular weight is 566 g/mol. The number of hydrogen-bond acceptors (Lipinski definition) is 1. The lowest BCUT2D eigenvalue weighted by Gasteiger charge is -2.41. The summed E-state index contributed by atoms with van der Waals surface area (Å²) in [6, 6.07) is 11.6. The third-order valence-electron chi connectivity index (χ3n) is 5.22. The van der Waals surface area contributed by atoms with Gasteiger partial charge in [-0.15, -0.1) is 0 Å². The lowest BCUT2D eigenvalue weighted by molar-refractivity contribution is -0.453. The van der Waals surface area contributed by atoms with E-state index in [1.165, 1.54) is 30.3 Å². The Balaban J connectivity index is 2.44. The first kappa shape index (κ1) is 30.6. The van der Waals surface area contributed by atoms with Gasteiger partial charge >= 0.3 is 41.7 Å². The molecule has 0 amide bonds. The summed E-state index contributed by atoms with van der Waals surface area (Å²) < 4.78 is 200. The summed E-state index contributed by atoms with van der Waals surface area (Å²) in [5.74, 6) is -47.1. The summed E-state index contributed by atoms with van der Waals surface area (Å²) in [4.78, 5) is 0. The Kier molecular flexibility index (Phi) is 7.66. The molecule has 2 rings (SSSR count). The molecule has 1 atom stereocenters. The molecular formula is C21H13F15O. The number of alkyl halides is 15. The van der Waals surface area contributed by atoms with Crippen molar-refractivity contribution in [3.05, 3.63) is 60.2 Å². The summed E-state index contributed by atoms with van der Waals surface area (Å²) in [7, 11) is 0. The van der Waals surface area contributed by atoms with E-state index < -0.39 is 59.8 Å². The number of hydrogen-bond donors (Lipinski definition) is 1. The van der Waals surface area contributed by atoms with Crippen LogP contribution in [0.2, 0.25) is 0 Å². The van der Waals surface area contributed by atoms with E-state index >= 15 is 0 Å². The summed E-state index contributed by atoms with van der Waals surface area (Å²) >= 11 is 0. The van der Waals surface area contributed by atoms with Crippen LogP contribution in [0.25, 0.3) is 11.1 Å². The fourth-order valence-electron chi connectivity index (χ4n) is 3.04. The minimum Gasteiger partial charge on any atom is -0.388 e. The monoisotopic (exact) mass is 566 g/mol. The Morgan fingerprint density at radius 1 is 0.514 bits per heavy atom. The van der Waals surface area contributed by atoms with Gasteiger partial charge < -0.3 is 5.11 Å². The summed E-state index contributed by atoms with van der Waals surface area (Å²) in [6.45, 7) is 0. The van der Waals surface area contributed by atoms with Crippen molar-refractivity contribution in [1.82, 2.24) is 0 Å². The van der Waals surface area contributed by atoms with E-state index in [1.807, 2.05) is 0 Å². The maximum Gasteiger partial charge on any atom is 0.460 e. The minimum atomic E-state index is -8.36. The Labute approximate surface area is 197 Å². The van der Waals surface area contributed by atoms with Gasteiger partial charge in [0.05, 0.1) is 6.10 Å². The van der Waals surface area contributed by atoms with Crippen LogP contribution in [0.15, 0.2) is 54.6 Å². The van der Waals surface area contributed by atoms with Gasteiger partial charge in [0.25, 0.3) is 0 Å². The van der Waals surface area contributed by atoms with Crippen LogP contribution in [0, 0.1) is 0 Å². The molecule has 0 radical (unpaired) electrons. The van der Waals surface area contributed by atoms with Crippen LogP contribution >= 0.6 is 0 Å². The molecule has 0 spiro atoms. The van der Waals surface area contributed by atoms with Gasteiger partial charge in [-0.1, -0.05) is 48.5 Å². The highest BCUT2D eigenvalue weighted by atomic mass is 19.4. The maximum atomic E-state index is 14.1. The lowest BCUT2D eigenvalue weighted by Crippen LogP contribution is -2.72. The van der Waals surface area contributed by atoms with Crippen LogP contribution in [-0.4, -0.2) is 46.8 Å². The van der Waals surface area contributed by atoms with Gasteiger partial charge in [-0.05, 0) is 22.8 Å². The fraction of sp³-hybridized carbons (Fsp3) is 0.429. The van der Waals surface area contributed by atoms with Gasteiger partial charge in [0.1, 0.15) is 0 Å². The topological polar surface area (TPSA) is 20.2 Å². The van der Waals surface area contributed by atoms with E-state index in [2.05, 4.69) is 0 Å². The van der Waals surface area contributed by atoms with Gasteiger partial charge in [0, 0.05) is 6.42 Å². The van der Waals surface area contributed by atoms with Crippen molar-refractivity contribution in [3.8, 4) is 11.1 Å². The molecule has 0 aliphatic heterocycles. The molecule has 1 unspecified atom stereocenters. The van der Waals surface area contributed by atoms with Crippen molar-refractivity contribution < 1.29 is 71.0 Å². The first-order valence-electron chi connectivity index (χ1n) is 9.63. The predicted octanol–water partition coefficient (Wildman–Crippen LogP) is 8.15. The van der Waals surface area contributed by atoms with Gasteiger partial charge in [-0.2, -0.15) is 65.9 Å². The first-order valence-corrected chi connectivity index (χ1v) is 9.63. The second kappa shape index (κ2) is 9.27. The van der Waals surface area contributed by atoms with E-state index in [-0.39, 0.29) is 5.56 Å². The smallest absolute Gasteiger partial charge is 0.388 e. The van der Waals surface area contributed by atoms with Crippen LogP contribution in [0.3, 0.4) is 0 Å². The number of rotatable bonds is 9. The number of halogens is 15. The normalized spacial score (nSPS) is 15.6. The molecule has 0 saturated carbocycles. The first-order chi connectivity index (χ1) is 16.5. The SMILES string of the molecule is OC(CC(F)(F)C(F)(F)C(F)(F)C(F)(F)C(F)(F)C(F)(F)C(F)(F)F)c1cccc(-c2ccccc2)c1. The Hall–Kier alpha value is -2.65. The van der Waals surface area contributed by atoms with Crippen LogP contribution in [0.5, 0.6) is 0 Å². The largest absolute Gasteiger partial charge is 0.460 e. The molecule has 0 bridgehead atoms. The number of benzene rings is 2. The van der Waals surface area contributed by atoms with Crippen LogP contribution in [0.1, 0.15) is 18.1 Å². The molecule has 208 valence electrons. The Morgan fingerprint density at radius 3 is 1.43 bits per heavy atom. The van der Waals surface area contributed by atoms with Crippen LogP contribution in [0.4, 0.5) is 65.9 Å². The molecule has 2 aromatic carbocycles. The highest BCUT2D eigenvalue weighted by Gasteiger charge is 2.93. The number of aliphatic hydroxyl groups excluding tert-OH is 1. The molecule has 37 heavy (non-hydrogen) atoms. The fourth-order valence-corrected chi connectivity index (χ4v) is 3.04. The summed E-state index contributed by atoms with van der Waals surface area (Å²) in [5, 5.41) is 9.89. The number of aliphatic hydroxyl groups is 1. The van der Waals surface area contributed by atoms with Gasteiger partial charge in [-0.25, -0.2) is 0 Å². The molecule has 0 saturated heterocycles. The van der Waals surface area contributed by atoms with Crippen molar-refractivity contribution in [3.63, 3.8) is 0 Å². The van der Waals surface area contributed by atoms with E-state index in [1.54, 1.807) is 6.07 Å². The van der Waals surface area contributed by atoms with Crippen molar-refractivity contribution in [1.29, 1.82) is 0 Å². The van der Waals surface area contributed by atoms with E-state index in [9.17, 15) is 71.0 Å². The predicted molar refractivity (Wildman–Crippen MR) is 97.2 cm³/mol. The van der Waals surface area contributed by atoms with E-state index in [0.29, 0.717) is 5.56 Å². The van der Waals surface area contributed by atoms with Gasteiger partial charge in [0.2, 0.25) is 0 Å². The minimum absolute atomic E-state index is 0.165. The van der Waals surface area contributed by atoms with E-state index in [0.717, 1.165) is 18.2 Å². The summed E-state index contributed by atoms with van der Waals surface area (Å²) in [6.07, 6.45) is -13.3. The Bertz CT molecular complexity index is 1080. The third-order valence-corrected chi connectivity index (χ3v) is 5.22. The Morgan fingerprint density at radius 2 is 0.946 bits per heavy atom. The molecule has 1 nitrogen and oxygen atoms in total. The average Bonchev–Trinajstić information content (AvgIpc) is 2.78. The summed E-state index contributed by atoms with van der Waals surface area (Å²) in [5.41, 5.74) is -0.119. The second-order valence-corrected chi connectivity index (χ2v) is 7.79. The van der Waals surface area contributed by atoms with Crippen molar-refractivity contribution >= 4 is 0 Å². The highest BCUT2D eigenvalue weighted by Crippen LogP contribution is 2.63. The third kappa shape index (κ3) is 4.83. The molecule has 0 aromatic heterocycles. The molecule has 1 N–H and O–H groups in total. The lowest BCUT2D eigenvalue weighted by atomic mass is 9.88. The van der Waals surface area contributed by atoms with Gasteiger partial charge in [0.15, 0.2) is 0 Å². The van der Waals surface area contributed by atoms with Crippen LogP contribution in [-0.2, 0) is 0 Å². The molecule has 2 aromatic rings. The maximum absolute atomic E-state index is 14.1. The zero-order chi connectivity index (χ0) is 28.9. The second-order valence-electron chi connectivity index (χ2n) is 7.79. The zero-order valence-corrected chi connectivity index (χ0v) is 17.6. The molecule has 0 aliphatic rings.